The van der Waals surface area contributed by atoms with E-state index >= 15 is 0 Å². The molecule has 4 aliphatic carbocycles. The number of carbonyl (C=O) groups is 1. The van der Waals surface area contributed by atoms with E-state index in [1.165, 1.54) is 0 Å². The second kappa shape index (κ2) is 6.11. The molecule has 1 aliphatic heterocycles. The van der Waals surface area contributed by atoms with Crippen molar-refractivity contribution < 1.29 is 19.7 Å². The Balaban J connectivity index is 1.45. The van der Waals surface area contributed by atoms with E-state index in [0.717, 1.165) is 50.5 Å². The third-order valence-corrected chi connectivity index (χ3v) is 10.3. The molecule has 1 heterocycles. The number of carbonyl (C=O) groups excluding carboxylic acids is 1. The summed E-state index contributed by atoms with van der Waals surface area (Å²) in [6.45, 7) is 5.06. The number of terminal acetylenes is 1. The smallest absolute Gasteiger partial charge is 0.331 e. The van der Waals surface area contributed by atoms with Crippen LogP contribution in [0.4, 0.5) is 0 Å². The summed E-state index contributed by atoms with van der Waals surface area (Å²) in [7, 11) is 0. The maximum atomic E-state index is 12.2. The van der Waals surface area contributed by atoms with Gasteiger partial charge in [-0.25, -0.2) is 4.79 Å². The van der Waals surface area contributed by atoms with Gasteiger partial charge in [0.2, 0.25) is 0 Å². The molecule has 0 bridgehead atoms. The van der Waals surface area contributed by atoms with Gasteiger partial charge in [0.1, 0.15) is 12.2 Å². The summed E-state index contributed by atoms with van der Waals surface area (Å²) >= 11 is 0. The third kappa shape index (κ3) is 2.50. The number of cyclic esters (lactones) is 1. The van der Waals surface area contributed by atoms with Crippen LogP contribution in [0.5, 0.6) is 0 Å². The highest BCUT2D eigenvalue weighted by atomic mass is 16.5. The Kier molecular flexibility index (Phi) is 4.14. The van der Waals surface area contributed by atoms with Gasteiger partial charge in [-0.05, 0) is 92.4 Å². The Bertz CT molecular complexity index is 810. The van der Waals surface area contributed by atoms with E-state index in [1.807, 2.05) is 0 Å². The maximum Gasteiger partial charge on any atom is 0.331 e. The van der Waals surface area contributed by atoms with Gasteiger partial charge in [0.25, 0.3) is 0 Å². The van der Waals surface area contributed by atoms with Crippen molar-refractivity contribution in [2.24, 2.45) is 34.5 Å². The molecule has 4 nitrogen and oxygen atoms in total. The Hall–Kier alpha value is -1.31. The van der Waals surface area contributed by atoms with Gasteiger partial charge in [0, 0.05) is 11.5 Å². The lowest BCUT2D eigenvalue weighted by atomic mass is 9.42. The van der Waals surface area contributed by atoms with Gasteiger partial charge in [-0.15, -0.1) is 6.42 Å². The molecule has 0 amide bonds. The minimum absolute atomic E-state index is 0.146. The molecule has 0 spiro atoms. The normalized spacial score (nSPS) is 53.9. The molecular weight excluding hydrogens is 364 g/mol. The summed E-state index contributed by atoms with van der Waals surface area (Å²) in [5.74, 6) is 3.88. The quantitative estimate of drug-likeness (QED) is 0.523. The van der Waals surface area contributed by atoms with Gasteiger partial charge < -0.3 is 14.9 Å². The summed E-state index contributed by atoms with van der Waals surface area (Å²) < 4.78 is 5.21. The van der Waals surface area contributed by atoms with Crippen LogP contribution < -0.4 is 0 Å². The van der Waals surface area contributed by atoms with Crippen molar-refractivity contribution in [1.82, 2.24) is 0 Å². The molecule has 4 heteroatoms. The maximum absolute atomic E-state index is 12.2. The highest BCUT2D eigenvalue weighted by molar-refractivity contribution is 5.85. The zero-order valence-electron chi connectivity index (χ0n) is 17.7. The van der Waals surface area contributed by atoms with Gasteiger partial charge in [-0.1, -0.05) is 19.8 Å². The molecule has 5 aliphatic rings. The molecule has 0 radical (unpaired) electrons. The van der Waals surface area contributed by atoms with Crippen LogP contribution in [0, 0.1) is 46.8 Å². The first kappa shape index (κ1) is 19.6. The first-order valence-electron chi connectivity index (χ1n) is 11.4. The Morgan fingerprint density at radius 2 is 1.86 bits per heavy atom. The van der Waals surface area contributed by atoms with Crippen molar-refractivity contribution in [1.29, 1.82) is 0 Å². The van der Waals surface area contributed by atoms with Crippen LogP contribution in [0.2, 0.25) is 0 Å². The van der Waals surface area contributed by atoms with Crippen LogP contribution in [-0.4, -0.2) is 34.0 Å². The molecule has 158 valence electrons. The summed E-state index contributed by atoms with van der Waals surface area (Å²) in [6.07, 6.45) is 15.6. The van der Waals surface area contributed by atoms with Gasteiger partial charge in [-0.2, -0.15) is 0 Å². The van der Waals surface area contributed by atoms with E-state index in [-0.39, 0.29) is 22.7 Å². The van der Waals surface area contributed by atoms with E-state index in [2.05, 4.69) is 19.8 Å². The average molecular weight is 399 g/mol. The van der Waals surface area contributed by atoms with E-state index in [9.17, 15) is 15.0 Å². The fourth-order valence-corrected chi connectivity index (χ4v) is 8.53. The molecule has 2 N–H and O–H groups in total. The topological polar surface area (TPSA) is 66.8 Å². The first-order valence-corrected chi connectivity index (χ1v) is 11.4. The van der Waals surface area contributed by atoms with Gasteiger partial charge in [0.15, 0.2) is 0 Å². The van der Waals surface area contributed by atoms with E-state index in [0.29, 0.717) is 37.2 Å². The second-order valence-electron chi connectivity index (χ2n) is 11.2. The number of rotatable bonds is 1. The monoisotopic (exact) mass is 398 g/mol. The van der Waals surface area contributed by atoms with Crippen molar-refractivity contribution in [3.63, 3.8) is 0 Å². The minimum atomic E-state index is -0.947. The second-order valence-corrected chi connectivity index (χ2v) is 11.2. The summed E-state index contributed by atoms with van der Waals surface area (Å²) in [5.41, 5.74) is -0.584. The first-order chi connectivity index (χ1) is 13.7. The minimum Gasteiger partial charge on any atom is -0.458 e. The molecule has 29 heavy (non-hydrogen) atoms. The zero-order chi connectivity index (χ0) is 20.7. The molecular formula is C25H34O4. The molecule has 4 saturated carbocycles. The number of hydrogen-bond donors (Lipinski definition) is 2. The largest absolute Gasteiger partial charge is 0.458 e. The lowest BCUT2D eigenvalue weighted by Gasteiger charge is -2.64. The van der Waals surface area contributed by atoms with Crippen molar-refractivity contribution in [2.45, 2.75) is 82.8 Å². The average Bonchev–Trinajstić information content (AvgIpc) is 3.23. The van der Waals surface area contributed by atoms with Crippen LogP contribution in [0.25, 0.3) is 0 Å². The Morgan fingerprint density at radius 3 is 2.55 bits per heavy atom. The third-order valence-electron chi connectivity index (χ3n) is 10.3. The summed E-state index contributed by atoms with van der Waals surface area (Å²) in [6, 6.07) is 0. The van der Waals surface area contributed by atoms with Crippen LogP contribution in [0.3, 0.4) is 0 Å². The van der Waals surface area contributed by atoms with Crippen LogP contribution in [0.1, 0.15) is 71.6 Å². The molecule has 5 rings (SSSR count). The molecule has 0 aromatic carbocycles. The molecule has 0 unspecified atom stereocenters. The van der Waals surface area contributed by atoms with E-state index < -0.39 is 11.2 Å². The number of aliphatic hydroxyl groups is 2. The van der Waals surface area contributed by atoms with E-state index in [4.69, 9.17) is 11.2 Å². The van der Waals surface area contributed by atoms with Gasteiger partial charge >= 0.3 is 5.97 Å². The SMILES string of the molecule is C#C[C@]1(O)CC[C@@]2(C)[C@H](CC[C@@H]3[C@@H]2CC[C@]2(C)[C@@H](C4=CC(=O)OC4)CC[C@]32O)C1. The predicted molar refractivity (Wildman–Crippen MR) is 110 cm³/mol. The van der Waals surface area contributed by atoms with Gasteiger partial charge in [0.05, 0.1) is 5.60 Å². The van der Waals surface area contributed by atoms with Crippen molar-refractivity contribution >= 4 is 5.97 Å². The van der Waals surface area contributed by atoms with Crippen LogP contribution >= 0.6 is 0 Å². The summed E-state index contributed by atoms with van der Waals surface area (Å²) in [5, 5.41) is 22.9. The van der Waals surface area contributed by atoms with Crippen molar-refractivity contribution in [3.8, 4) is 12.3 Å². The fourth-order valence-electron chi connectivity index (χ4n) is 8.53. The molecule has 4 fully saturated rings. The predicted octanol–water partition coefficient (Wildman–Crippen LogP) is 3.61. The number of hydrogen-bond acceptors (Lipinski definition) is 4. The number of ether oxygens (including phenoxy) is 1. The van der Waals surface area contributed by atoms with Crippen LogP contribution in [-0.2, 0) is 9.53 Å². The highest BCUT2D eigenvalue weighted by Crippen LogP contribution is 2.70. The fraction of sp³-hybridized carbons (Fsp3) is 0.800. The number of esters is 1. The van der Waals surface area contributed by atoms with Crippen molar-refractivity contribution in [3.05, 3.63) is 11.6 Å². The van der Waals surface area contributed by atoms with Crippen LogP contribution in [0.15, 0.2) is 11.6 Å². The van der Waals surface area contributed by atoms with E-state index in [1.54, 1.807) is 6.08 Å². The molecule has 0 saturated heterocycles. The van der Waals surface area contributed by atoms with Crippen molar-refractivity contribution in [2.75, 3.05) is 6.61 Å². The summed E-state index contributed by atoms with van der Waals surface area (Å²) in [4.78, 5) is 11.7. The molecule has 8 atom stereocenters. The van der Waals surface area contributed by atoms with Gasteiger partial charge in [-0.3, -0.25) is 0 Å². The molecule has 0 aromatic heterocycles. The Morgan fingerprint density at radius 1 is 1.07 bits per heavy atom. The Labute approximate surface area is 174 Å². The highest BCUT2D eigenvalue weighted by Gasteiger charge is 2.68. The molecule has 0 aromatic rings. The zero-order valence-corrected chi connectivity index (χ0v) is 17.7. The lowest BCUT2D eigenvalue weighted by molar-refractivity contribution is -0.211. The standard InChI is InChI=1S/C25H34O4/c1-4-24(27)12-11-22(2)17(14-24)5-6-20-19(22)7-9-23(3)18(8-10-25(20,23)28)16-13-21(26)29-15-16/h1,13,17-20,27-28H,5-12,14-15H2,2-3H3/t17-,18-,19+,20-,22+,23-,24+,25+/m1/s1. The number of fused-ring (bicyclic) bond motifs is 5. The lowest BCUT2D eigenvalue weighted by Crippen LogP contribution is -2.63.